The number of hydrogen-bond acceptors (Lipinski definition) is 4. The first-order valence-electron chi connectivity index (χ1n) is 7.61. The number of anilines is 1. The van der Waals surface area contributed by atoms with Crippen LogP contribution in [0.4, 0.5) is 5.95 Å². The van der Waals surface area contributed by atoms with Crippen molar-refractivity contribution in [2.45, 2.75) is 25.7 Å². The number of hydrogen-bond donors (Lipinski definition) is 0. The molecule has 1 fully saturated rings. The van der Waals surface area contributed by atoms with E-state index in [2.05, 4.69) is 11.0 Å². The van der Waals surface area contributed by atoms with Crippen LogP contribution in [0.3, 0.4) is 0 Å². The highest BCUT2D eigenvalue weighted by Crippen LogP contribution is 2.34. The Kier molecular flexibility index (Phi) is 3.24. The monoisotopic (exact) mass is 310 g/mol. The smallest absolute Gasteiger partial charge is 0.226 e. The normalized spacial score (nSPS) is 16.1. The molecule has 22 heavy (non-hydrogen) atoms. The number of benzene rings is 1. The van der Waals surface area contributed by atoms with Gasteiger partial charge in [0.15, 0.2) is 0 Å². The molecule has 0 amide bonds. The molecule has 110 valence electrons. The summed E-state index contributed by atoms with van der Waals surface area (Å²) < 4.78 is 0. The highest BCUT2D eigenvalue weighted by molar-refractivity contribution is 6.32. The highest BCUT2D eigenvalue weighted by atomic mass is 35.5. The van der Waals surface area contributed by atoms with Gasteiger partial charge in [0.1, 0.15) is 6.07 Å². The van der Waals surface area contributed by atoms with Crippen molar-refractivity contribution >= 4 is 17.5 Å². The Morgan fingerprint density at radius 1 is 1.14 bits per heavy atom. The van der Waals surface area contributed by atoms with Gasteiger partial charge in [-0.05, 0) is 37.8 Å². The van der Waals surface area contributed by atoms with Crippen molar-refractivity contribution in [2.75, 3.05) is 18.0 Å². The van der Waals surface area contributed by atoms with E-state index in [0.29, 0.717) is 10.6 Å². The minimum atomic E-state index is 0.482. The Morgan fingerprint density at radius 2 is 2.00 bits per heavy atom. The number of rotatable bonds is 2. The fraction of sp³-hybridized carbons (Fsp3) is 0.353. The van der Waals surface area contributed by atoms with Crippen molar-refractivity contribution in [1.82, 2.24) is 9.97 Å². The van der Waals surface area contributed by atoms with Crippen LogP contribution in [0.15, 0.2) is 18.2 Å². The van der Waals surface area contributed by atoms with E-state index in [1.807, 2.05) is 12.1 Å². The summed E-state index contributed by atoms with van der Waals surface area (Å²) in [6, 6.07) is 7.65. The molecule has 0 spiro atoms. The second-order valence-corrected chi connectivity index (χ2v) is 6.21. The van der Waals surface area contributed by atoms with Gasteiger partial charge in [-0.15, -0.1) is 0 Å². The van der Waals surface area contributed by atoms with E-state index in [4.69, 9.17) is 26.8 Å². The molecule has 0 N–H and O–H groups in total. The maximum Gasteiger partial charge on any atom is 0.226 e. The molecule has 5 heteroatoms. The van der Waals surface area contributed by atoms with Gasteiger partial charge < -0.3 is 4.90 Å². The predicted molar refractivity (Wildman–Crippen MR) is 86.0 cm³/mol. The Morgan fingerprint density at radius 3 is 2.68 bits per heavy atom. The molecule has 2 aliphatic rings. The molecular weight excluding hydrogens is 296 g/mol. The quantitative estimate of drug-likeness (QED) is 0.853. The molecular formula is C17H15ClN4. The van der Waals surface area contributed by atoms with Gasteiger partial charge >= 0.3 is 0 Å². The summed E-state index contributed by atoms with van der Waals surface area (Å²) in [5.41, 5.74) is 4.87. The number of halogens is 1. The molecule has 0 saturated carbocycles. The van der Waals surface area contributed by atoms with Crippen molar-refractivity contribution in [2.24, 2.45) is 0 Å². The summed E-state index contributed by atoms with van der Waals surface area (Å²) in [5, 5.41) is 9.51. The maximum absolute atomic E-state index is 9.02. The van der Waals surface area contributed by atoms with Crippen LogP contribution in [-0.4, -0.2) is 23.1 Å². The zero-order chi connectivity index (χ0) is 15.1. The number of aromatic nitrogens is 2. The van der Waals surface area contributed by atoms with Crippen LogP contribution in [0, 0.1) is 11.3 Å². The zero-order valence-electron chi connectivity index (χ0n) is 12.1. The van der Waals surface area contributed by atoms with Gasteiger partial charge in [0.2, 0.25) is 5.95 Å². The van der Waals surface area contributed by atoms with E-state index < -0.39 is 0 Å². The lowest BCUT2D eigenvalue weighted by Crippen LogP contribution is -2.38. The zero-order valence-corrected chi connectivity index (χ0v) is 12.9. The van der Waals surface area contributed by atoms with Crippen LogP contribution in [0.25, 0.3) is 11.3 Å². The summed E-state index contributed by atoms with van der Waals surface area (Å²) in [4.78, 5) is 11.8. The van der Waals surface area contributed by atoms with Crippen LogP contribution in [0.5, 0.6) is 0 Å². The molecule has 1 aliphatic heterocycles. The Hall–Kier alpha value is -2.12. The molecule has 0 atom stereocenters. The average molecular weight is 311 g/mol. The van der Waals surface area contributed by atoms with Crippen LogP contribution in [0.1, 0.15) is 29.7 Å². The Balaban J connectivity index is 1.85. The summed E-state index contributed by atoms with van der Waals surface area (Å²) in [6.07, 6.45) is 4.38. The molecule has 0 unspecified atom stereocenters. The number of nitrogens with zero attached hydrogens (tertiary/aromatic N) is 4. The predicted octanol–water partition coefficient (Wildman–Crippen LogP) is 3.37. The van der Waals surface area contributed by atoms with Gasteiger partial charge in [0, 0.05) is 29.9 Å². The molecule has 4 rings (SSSR count). The molecule has 2 heterocycles. The summed E-state index contributed by atoms with van der Waals surface area (Å²) in [6.45, 7) is 2.07. The van der Waals surface area contributed by atoms with E-state index in [9.17, 15) is 0 Å². The van der Waals surface area contributed by atoms with E-state index in [0.717, 1.165) is 49.6 Å². The van der Waals surface area contributed by atoms with Crippen molar-refractivity contribution in [3.8, 4) is 17.3 Å². The van der Waals surface area contributed by atoms with E-state index in [-0.39, 0.29) is 0 Å². The van der Waals surface area contributed by atoms with Gasteiger partial charge in [-0.3, -0.25) is 0 Å². The second-order valence-electron chi connectivity index (χ2n) is 5.80. The van der Waals surface area contributed by atoms with Crippen LogP contribution in [-0.2, 0) is 12.8 Å². The van der Waals surface area contributed by atoms with Gasteiger partial charge in [-0.25, -0.2) is 9.97 Å². The topological polar surface area (TPSA) is 52.8 Å². The van der Waals surface area contributed by atoms with Crippen LogP contribution in [0.2, 0.25) is 5.02 Å². The molecule has 1 aromatic carbocycles. The third-order valence-corrected chi connectivity index (χ3v) is 4.74. The third-order valence-electron chi connectivity index (χ3n) is 4.42. The lowest BCUT2D eigenvalue weighted by molar-refractivity contribution is 0.599. The van der Waals surface area contributed by atoms with Gasteiger partial charge in [-0.1, -0.05) is 17.7 Å². The standard InChI is InChI=1S/C17H15ClN4/c18-14-9-11(5-6-12(14)10-19)16-13-3-1-4-15(13)20-17(21-16)22-7-2-8-22/h5-6,9H,1-4,7-8H2. The van der Waals surface area contributed by atoms with Gasteiger partial charge in [-0.2, -0.15) is 5.26 Å². The highest BCUT2D eigenvalue weighted by Gasteiger charge is 2.24. The third kappa shape index (κ3) is 2.13. The van der Waals surface area contributed by atoms with Crippen molar-refractivity contribution in [3.63, 3.8) is 0 Å². The largest absolute Gasteiger partial charge is 0.341 e. The number of nitriles is 1. The van der Waals surface area contributed by atoms with Gasteiger partial charge in [0.25, 0.3) is 0 Å². The fourth-order valence-electron chi connectivity index (χ4n) is 3.07. The fourth-order valence-corrected chi connectivity index (χ4v) is 3.29. The lowest BCUT2D eigenvalue weighted by atomic mass is 10.0. The van der Waals surface area contributed by atoms with E-state index >= 15 is 0 Å². The molecule has 2 aromatic rings. The van der Waals surface area contributed by atoms with Crippen LogP contribution >= 0.6 is 11.6 Å². The lowest BCUT2D eigenvalue weighted by Gasteiger charge is -2.31. The first kappa shape index (κ1) is 13.5. The molecule has 0 radical (unpaired) electrons. The molecule has 1 aliphatic carbocycles. The van der Waals surface area contributed by atoms with E-state index in [1.54, 1.807) is 6.07 Å². The number of fused-ring (bicyclic) bond motifs is 1. The van der Waals surface area contributed by atoms with Crippen molar-refractivity contribution in [1.29, 1.82) is 5.26 Å². The number of aryl methyl sites for hydroxylation is 1. The summed E-state index contributed by atoms with van der Waals surface area (Å²) in [7, 11) is 0. The molecule has 4 nitrogen and oxygen atoms in total. The van der Waals surface area contributed by atoms with Crippen molar-refractivity contribution < 1.29 is 0 Å². The molecule has 1 aromatic heterocycles. The Bertz CT molecular complexity index is 790. The SMILES string of the molecule is N#Cc1ccc(-c2nc(N3CCC3)nc3c2CCC3)cc1Cl. The Labute approximate surface area is 134 Å². The summed E-state index contributed by atoms with van der Waals surface area (Å²) >= 11 is 6.19. The van der Waals surface area contributed by atoms with Gasteiger partial charge in [0.05, 0.1) is 16.3 Å². The minimum Gasteiger partial charge on any atom is -0.341 e. The van der Waals surface area contributed by atoms with E-state index in [1.165, 1.54) is 17.7 Å². The molecule has 0 bridgehead atoms. The minimum absolute atomic E-state index is 0.482. The summed E-state index contributed by atoms with van der Waals surface area (Å²) in [5.74, 6) is 0.836. The second kappa shape index (κ2) is 5.26. The van der Waals surface area contributed by atoms with Crippen molar-refractivity contribution in [3.05, 3.63) is 40.0 Å². The molecule has 1 saturated heterocycles. The first-order valence-corrected chi connectivity index (χ1v) is 7.99. The maximum atomic E-state index is 9.02. The first-order chi connectivity index (χ1) is 10.8. The average Bonchev–Trinajstić information content (AvgIpc) is 2.93. The van der Waals surface area contributed by atoms with Crippen LogP contribution < -0.4 is 4.90 Å².